The molecule has 2 aromatic rings. The molecule has 1 N–H and O–H groups in total. The Morgan fingerprint density at radius 2 is 1.95 bits per heavy atom. The minimum absolute atomic E-state index is 0.289. The van der Waals surface area contributed by atoms with Crippen LogP contribution in [0.5, 0.6) is 0 Å². The predicted octanol–water partition coefficient (Wildman–Crippen LogP) is 2.30. The van der Waals surface area contributed by atoms with E-state index in [4.69, 9.17) is 0 Å². The van der Waals surface area contributed by atoms with Crippen LogP contribution in [-0.4, -0.2) is 21.0 Å². The van der Waals surface area contributed by atoms with E-state index < -0.39 is 0 Å². The van der Waals surface area contributed by atoms with Gasteiger partial charge in [-0.15, -0.1) is 0 Å². The number of aromatic nitrogens is 2. The lowest BCUT2D eigenvalue weighted by Crippen LogP contribution is -2.24. The van der Waals surface area contributed by atoms with Crippen LogP contribution < -0.4 is 0 Å². The summed E-state index contributed by atoms with van der Waals surface area (Å²) in [5.41, 5.74) is 5.03. The third kappa shape index (κ3) is 2.50. The van der Waals surface area contributed by atoms with Gasteiger partial charge in [0.1, 0.15) is 0 Å². The summed E-state index contributed by atoms with van der Waals surface area (Å²) in [5, 5.41) is 15.0. The molecule has 3 rings (SSSR count). The van der Waals surface area contributed by atoms with Crippen molar-refractivity contribution >= 4 is 0 Å². The number of hydrogen-bond acceptors (Lipinski definition) is 2. The first-order chi connectivity index (χ1) is 9.67. The predicted molar refractivity (Wildman–Crippen MR) is 79.6 cm³/mol. The summed E-state index contributed by atoms with van der Waals surface area (Å²) in [6.45, 7) is 2.11. The number of fused-ring (bicyclic) bond motifs is 1. The highest BCUT2D eigenvalue weighted by atomic mass is 16.3. The number of benzene rings is 1. The highest BCUT2D eigenvalue weighted by Gasteiger charge is 2.27. The van der Waals surface area contributed by atoms with E-state index in [-0.39, 0.29) is 6.10 Å². The maximum absolute atomic E-state index is 10.5. The average Bonchev–Trinajstić information content (AvgIpc) is 3.02. The van der Waals surface area contributed by atoms with Crippen LogP contribution in [0.2, 0.25) is 0 Å². The quantitative estimate of drug-likeness (QED) is 0.925. The van der Waals surface area contributed by atoms with Crippen molar-refractivity contribution in [2.24, 2.45) is 13.0 Å². The van der Waals surface area contributed by atoms with Crippen molar-refractivity contribution in [1.29, 1.82) is 0 Å². The average molecular weight is 270 g/mol. The number of rotatable bonds is 4. The Balaban J connectivity index is 1.69. The van der Waals surface area contributed by atoms with Crippen LogP contribution in [0, 0.1) is 5.92 Å². The summed E-state index contributed by atoms with van der Waals surface area (Å²) in [6.07, 6.45) is 3.34. The van der Waals surface area contributed by atoms with Gasteiger partial charge in [0.25, 0.3) is 0 Å². The summed E-state index contributed by atoms with van der Waals surface area (Å²) in [6, 6.07) is 10.7. The molecule has 0 bridgehead atoms. The van der Waals surface area contributed by atoms with Gasteiger partial charge in [0.15, 0.2) is 0 Å². The molecule has 3 nitrogen and oxygen atoms in total. The van der Waals surface area contributed by atoms with Crippen LogP contribution in [-0.2, 0) is 32.7 Å². The second-order valence-corrected chi connectivity index (χ2v) is 5.81. The molecule has 0 amide bonds. The van der Waals surface area contributed by atoms with Gasteiger partial charge in [0, 0.05) is 19.2 Å². The van der Waals surface area contributed by atoms with Crippen LogP contribution >= 0.6 is 0 Å². The highest BCUT2D eigenvalue weighted by molar-refractivity contribution is 5.32. The lowest BCUT2D eigenvalue weighted by molar-refractivity contribution is 0.111. The summed E-state index contributed by atoms with van der Waals surface area (Å²) >= 11 is 0. The summed E-state index contributed by atoms with van der Waals surface area (Å²) in [4.78, 5) is 0. The normalized spacial score (nSPS) is 16.4. The number of aryl methyl sites for hydroxylation is 2. The Morgan fingerprint density at radius 3 is 2.50 bits per heavy atom. The minimum Gasteiger partial charge on any atom is -0.392 e. The standard InChI is InChI=1S/C17H22N2O/c1-3-15-10-16(19(2)18-15)11-17(20)14-8-12-6-4-5-7-13(12)9-14/h4-7,10,14,17,20H,3,8-9,11H2,1-2H3. The Morgan fingerprint density at radius 1 is 1.30 bits per heavy atom. The lowest BCUT2D eigenvalue weighted by Gasteiger charge is -2.17. The fourth-order valence-corrected chi connectivity index (χ4v) is 3.18. The Kier molecular flexibility index (Phi) is 3.62. The SMILES string of the molecule is CCc1cc(CC(O)C2Cc3ccccc3C2)n(C)n1. The Labute approximate surface area is 120 Å². The van der Waals surface area contributed by atoms with E-state index >= 15 is 0 Å². The molecule has 1 aromatic heterocycles. The first-order valence-corrected chi connectivity index (χ1v) is 7.44. The second kappa shape index (κ2) is 5.41. The molecule has 0 aliphatic heterocycles. The summed E-state index contributed by atoms with van der Waals surface area (Å²) < 4.78 is 1.91. The van der Waals surface area contributed by atoms with Crippen LogP contribution in [0.4, 0.5) is 0 Å². The molecule has 106 valence electrons. The Bertz CT molecular complexity index is 578. The molecule has 1 atom stereocenters. The molecule has 20 heavy (non-hydrogen) atoms. The zero-order valence-corrected chi connectivity index (χ0v) is 12.2. The topological polar surface area (TPSA) is 38.0 Å². The van der Waals surface area contributed by atoms with Crippen molar-refractivity contribution in [3.8, 4) is 0 Å². The van der Waals surface area contributed by atoms with Crippen molar-refractivity contribution in [3.63, 3.8) is 0 Å². The van der Waals surface area contributed by atoms with Gasteiger partial charge < -0.3 is 5.11 Å². The molecule has 1 aliphatic carbocycles. The third-order valence-electron chi connectivity index (χ3n) is 4.43. The van der Waals surface area contributed by atoms with E-state index in [9.17, 15) is 5.11 Å². The highest BCUT2D eigenvalue weighted by Crippen LogP contribution is 2.29. The maximum atomic E-state index is 10.5. The van der Waals surface area contributed by atoms with E-state index in [1.807, 2.05) is 11.7 Å². The van der Waals surface area contributed by atoms with Gasteiger partial charge >= 0.3 is 0 Å². The van der Waals surface area contributed by atoms with E-state index in [0.29, 0.717) is 12.3 Å². The molecule has 1 heterocycles. The number of hydrogen-bond donors (Lipinski definition) is 1. The molecular weight excluding hydrogens is 248 g/mol. The third-order valence-corrected chi connectivity index (χ3v) is 4.43. The lowest BCUT2D eigenvalue weighted by atomic mass is 9.95. The van der Waals surface area contributed by atoms with Crippen molar-refractivity contribution in [1.82, 2.24) is 9.78 Å². The van der Waals surface area contributed by atoms with Gasteiger partial charge in [0.2, 0.25) is 0 Å². The maximum Gasteiger partial charge on any atom is 0.0630 e. The van der Waals surface area contributed by atoms with Gasteiger partial charge in [-0.1, -0.05) is 31.2 Å². The molecule has 0 fully saturated rings. The molecular formula is C17H22N2O. The molecule has 0 saturated heterocycles. The van der Waals surface area contributed by atoms with Crippen molar-refractivity contribution in [2.75, 3.05) is 0 Å². The van der Waals surface area contributed by atoms with Crippen LogP contribution in [0.1, 0.15) is 29.4 Å². The molecule has 0 radical (unpaired) electrons. The van der Waals surface area contributed by atoms with Gasteiger partial charge in [-0.3, -0.25) is 4.68 Å². The first-order valence-electron chi connectivity index (χ1n) is 7.44. The van der Waals surface area contributed by atoms with Gasteiger partial charge in [0.05, 0.1) is 11.8 Å². The fourth-order valence-electron chi connectivity index (χ4n) is 3.18. The van der Waals surface area contributed by atoms with Crippen molar-refractivity contribution in [3.05, 3.63) is 52.8 Å². The summed E-state index contributed by atoms with van der Waals surface area (Å²) in [5.74, 6) is 0.340. The molecule has 3 heteroatoms. The van der Waals surface area contributed by atoms with Gasteiger partial charge in [-0.2, -0.15) is 5.10 Å². The summed E-state index contributed by atoms with van der Waals surface area (Å²) in [7, 11) is 1.96. The molecule has 0 saturated carbocycles. The second-order valence-electron chi connectivity index (χ2n) is 5.81. The molecule has 0 spiro atoms. The van der Waals surface area contributed by atoms with Crippen LogP contribution in [0.15, 0.2) is 30.3 Å². The monoisotopic (exact) mass is 270 g/mol. The first kappa shape index (κ1) is 13.4. The number of aliphatic hydroxyl groups excluding tert-OH is 1. The molecule has 1 aliphatic rings. The number of aliphatic hydroxyl groups is 1. The van der Waals surface area contributed by atoms with E-state index in [0.717, 1.165) is 30.7 Å². The van der Waals surface area contributed by atoms with Gasteiger partial charge in [-0.25, -0.2) is 0 Å². The van der Waals surface area contributed by atoms with Crippen molar-refractivity contribution < 1.29 is 5.11 Å². The zero-order chi connectivity index (χ0) is 14.1. The van der Waals surface area contributed by atoms with E-state index in [2.05, 4.69) is 42.4 Å². The fraction of sp³-hybridized carbons (Fsp3) is 0.471. The zero-order valence-electron chi connectivity index (χ0n) is 12.2. The molecule has 1 aromatic carbocycles. The molecule has 1 unspecified atom stereocenters. The van der Waals surface area contributed by atoms with Crippen molar-refractivity contribution in [2.45, 2.75) is 38.7 Å². The van der Waals surface area contributed by atoms with Crippen LogP contribution in [0.3, 0.4) is 0 Å². The smallest absolute Gasteiger partial charge is 0.0630 e. The largest absolute Gasteiger partial charge is 0.392 e. The Hall–Kier alpha value is -1.61. The van der Waals surface area contributed by atoms with Crippen LogP contribution in [0.25, 0.3) is 0 Å². The van der Waals surface area contributed by atoms with Gasteiger partial charge in [-0.05, 0) is 42.4 Å². The van der Waals surface area contributed by atoms with E-state index in [1.165, 1.54) is 11.1 Å². The minimum atomic E-state index is -0.289. The van der Waals surface area contributed by atoms with E-state index in [1.54, 1.807) is 0 Å². The number of nitrogens with zero attached hydrogens (tertiary/aromatic N) is 2.